The van der Waals surface area contributed by atoms with Gasteiger partial charge in [-0.1, -0.05) is 35.9 Å². The Hall–Kier alpha value is -3.27. The van der Waals surface area contributed by atoms with Crippen molar-refractivity contribution in [1.82, 2.24) is 9.38 Å². The molecule has 0 aliphatic rings. The van der Waals surface area contributed by atoms with E-state index in [2.05, 4.69) is 86.5 Å². The Balaban J connectivity index is 1.86. The summed E-state index contributed by atoms with van der Waals surface area (Å²) < 4.78 is 1.99. The van der Waals surface area contributed by atoms with E-state index in [1.165, 1.54) is 22.3 Å². The second-order valence-corrected chi connectivity index (χ2v) is 7.05. The lowest BCUT2D eigenvalue weighted by Crippen LogP contribution is -1.84. The number of aromatic nitrogens is 2. The van der Waals surface area contributed by atoms with Crippen LogP contribution in [0.1, 0.15) is 22.3 Å². The predicted octanol–water partition coefficient (Wildman–Crippen LogP) is 6.65. The molecule has 2 heterocycles. The van der Waals surface area contributed by atoms with Crippen LogP contribution in [-0.4, -0.2) is 9.38 Å². The van der Waals surface area contributed by atoms with Crippen LogP contribution in [0.4, 0.5) is 11.5 Å². The number of benzene rings is 2. The molecule has 0 saturated carbocycles. The Kier molecular flexibility index (Phi) is 4.32. The number of aryl methyl sites for hydroxylation is 4. The molecule has 4 heteroatoms. The van der Waals surface area contributed by atoms with E-state index in [0.717, 1.165) is 28.4 Å². The molecule has 0 unspecified atom stereocenters. The van der Waals surface area contributed by atoms with E-state index >= 15 is 0 Å². The first kappa shape index (κ1) is 17.2. The number of hydrogen-bond donors (Lipinski definition) is 0. The van der Waals surface area contributed by atoms with E-state index < -0.39 is 0 Å². The highest BCUT2D eigenvalue weighted by Crippen LogP contribution is 2.33. The standard InChI is InChI=1S/C23H22N4/c1-15-5-8-19(9-6-15)22-23(27-12-11-16(2)13-21(27)24-22)26-25-20-10-7-17(3)18(4)14-20/h5-14H,1-4H3. The fraction of sp³-hybridized carbons (Fsp3) is 0.174. The van der Waals surface area contributed by atoms with E-state index in [0.29, 0.717) is 0 Å². The topological polar surface area (TPSA) is 42.0 Å². The maximum atomic E-state index is 4.83. The van der Waals surface area contributed by atoms with Crippen LogP contribution in [0.3, 0.4) is 0 Å². The van der Waals surface area contributed by atoms with E-state index in [-0.39, 0.29) is 0 Å². The molecule has 4 rings (SSSR count). The molecule has 0 fully saturated rings. The lowest BCUT2D eigenvalue weighted by atomic mass is 10.1. The zero-order valence-corrected chi connectivity index (χ0v) is 16.1. The summed E-state index contributed by atoms with van der Waals surface area (Å²) >= 11 is 0. The molecule has 0 bridgehead atoms. The second kappa shape index (κ2) is 6.80. The molecule has 0 saturated heterocycles. The van der Waals surface area contributed by atoms with Gasteiger partial charge in [0.1, 0.15) is 11.3 Å². The van der Waals surface area contributed by atoms with Gasteiger partial charge >= 0.3 is 0 Å². The quantitative estimate of drug-likeness (QED) is 0.380. The normalized spacial score (nSPS) is 11.6. The van der Waals surface area contributed by atoms with Crippen molar-refractivity contribution in [2.75, 3.05) is 0 Å². The van der Waals surface area contributed by atoms with Gasteiger partial charge in [-0.05, 0) is 68.7 Å². The number of fused-ring (bicyclic) bond motifs is 1. The van der Waals surface area contributed by atoms with Crippen LogP contribution in [0.25, 0.3) is 16.9 Å². The van der Waals surface area contributed by atoms with Gasteiger partial charge in [0.2, 0.25) is 0 Å². The summed E-state index contributed by atoms with van der Waals surface area (Å²) in [6.07, 6.45) is 2.00. The van der Waals surface area contributed by atoms with Crippen molar-refractivity contribution in [3.05, 3.63) is 83.0 Å². The fourth-order valence-electron chi connectivity index (χ4n) is 3.03. The molecule has 0 aliphatic carbocycles. The third-order valence-corrected chi connectivity index (χ3v) is 4.83. The van der Waals surface area contributed by atoms with E-state index in [1.54, 1.807) is 0 Å². The molecule has 0 atom stereocenters. The first-order valence-corrected chi connectivity index (χ1v) is 9.06. The van der Waals surface area contributed by atoms with Crippen LogP contribution in [0.5, 0.6) is 0 Å². The van der Waals surface area contributed by atoms with Crippen LogP contribution in [0, 0.1) is 27.7 Å². The lowest BCUT2D eigenvalue weighted by Gasteiger charge is -2.02. The average molecular weight is 354 g/mol. The zero-order valence-electron chi connectivity index (χ0n) is 16.1. The summed E-state index contributed by atoms with van der Waals surface area (Å²) in [6, 6.07) is 18.6. The number of nitrogens with zero attached hydrogens (tertiary/aromatic N) is 4. The first-order chi connectivity index (χ1) is 13.0. The van der Waals surface area contributed by atoms with Crippen molar-refractivity contribution in [3.63, 3.8) is 0 Å². The Morgan fingerprint density at radius 1 is 0.741 bits per heavy atom. The minimum absolute atomic E-state index is 0.743. The molecule has 2 aromatic carbocycles. The highest BCUT2D eigenvalue weighted by Gasteiger charge is 2.14. The van der Waals surface area contributed by atoms with Crippen LogP contribution in [-0.2, 0) is 0 Å². The van der Waals surface area contributed by atoms with Gasteiger partial charge in [-0.3, -0.25) is 4.40 Å². The van der Waals surface area contributed by atoms with Gasteiger partial charge in [0, 0.05) is 11.8 Å². The van der Waals surface area contributed by atoms with Crippen molar-refractivity contribution < 1.29 is 0 Å². The molecule has 2 aromatic heterocycles. The van der Waals surface area contributed by atoms with Gasteiger partial charge in [-0.15, -0.1) is 10.2 Å². The molecule has 0 N–H and O–H groups in total. The third kappa shape index (κ3) is 3.38. The number of rotatable bonds is 3. The summed E-state index contributed by atoms with van der Waals surface area (Å²) in [7, 11) is 0. The molecule has 4 nitrogen and oxygen atoms in total. The van der Waals surface area contributed by atoms with Gasteiger partial charge in [-0.2, -0.15) is 0 Å². The summed E-state index contributed by atoms with van der Waals surface area (Å²) in [5, 5.41) is 9.08. The molecular formula is C23H22N4. The van der Waals surface area contributed by atoms with Gasteiger partial charge in [0.05, 0.1) is 5.69 Å². The van der Waals surface area contributed by atoms with Crippen LogP contribution in [0.15, 0.2) is 71.0 Å². The molecule has 4 aromatic rings. The monoisotopic (exact) mass is 354 g/mol. The van der Waals surface area contributed by atoms with E-state index in [9.17, 15) is 0 Å². The SMILES string of the molecule is Cc1ccc(-c2nc3cc(C)ccn3c2N=Nc2ccc(C)c(C)c2)cc1. The van der Waals surface area contributed by atoms with Crippen LogP contribution in [0.2, 0.25) is 0 Å². The van der Waals surface area contributed by atoms with Crippen LogP contribution < -0.4 is 0 Å². The van der Waals surface area contributed by atoms with Crippen molar-refractivity contribution >= 4 is 17.2 Å². The Bertz CT molecular complexity index is 1150. The Morgan fingerprint density at radius 2 is 1.52 bits per heavy atom. The molecule has 0 aliphatic heterocycles. The Morgan fingerprint density at radius 3 is 2.26 bits per heavy atom. The van der Waals surface area contributed by atoms with Crippen molar-refractivity contribution in [2.24, 2.45) is 10.2 Å². The maximum absolute atomic E-state index is 4.83. The zero-order chi connectivity index (χ0) is 19.0. The minimum atomic E-state index is 0.743. The molecule has 27 heavy (non-hydrogen) atoms. The first-order valence-electron chi connectivity index (χ1n) is 9.06. The molecule has 134 valence electrons. The van der Waals surface area contributed by atoms with Crippen molar-refractivity contribution in [2.45, 2.75) is 27.7 Å². The summed E-state index contributed by atoms with van der Waals surface area (Å²) in [5.41, 5.74) is 8.44. The highest BCUT2D eigenvalue weighted by atomic mass is 15.2. The second-order valence-electron chi connectivity index (χ2n) is 7.05. The molecule has 0 amide bonds. The van der Waals surface area contributed by atoms with Gasteiger partial charge in [-0.25, -0.2) is 4.98 Å². The van der Waals surface area contributed by atoms with Gasteiger partial charge in [0.15, 0.2) is 5.82 Å². The van der Waals surface area contributed by atoms with E-state index in [4.69, 9.17) is 4.98 Å². The van der Waals surface area contributed by atoms with E-state index in [1.807, 2.05) is 16.7 Å². The van der Waals surface area contributed by atoms with Crippen molar-refractivity contribution in [3.8, 4) is 11.3 Å². The molecule has 0 spiro atoms. The number of imidazole rings is 1. The smallest absolute Gasteiger partial charge is 0.187 e. The fourth-order valence-corrected chi connectivity index (χ4v) is 3.03. The largest absolute Gasteiger partial charge is 0.283 e. The summed E-state index contributed by atoms with van der Waals surface area (Å²) in [6.45, 7) is 8.33. The third-order valence-electron chi connectivity index (χ3n) is 4.83. The van der Waals surface area contributed by atoms with Crippen LogP contribution >= 0.6 is 0 Å². The minimum Gasteiger partial charge on any atom is -0.283 e. The lowest BCUT2D eigenvalue weighted by molar-refractivity contribution is 1.10. The molecule has 0 radical (unpaired) electrons. The summed E-state index contributed by atoms with van der Waals surface area (Å²) in [5.74, 6) is 0.743. The average Bonchev–Trinajstić information content (AvgIpc) is 3.01. The summed E-state index contributed by atoms with van der Waals surface area (Å²) in [4.78, 5) is 4.83. The molecular weight excluding hydrogens is 332 g/mol. The van der Waals surface area contributed by atoms with Gasteiger partial charge in [0.25, 0.3) is 0 Å². The number of azo groups is 1. The maximum Gasteiger partial charge on any atom is 0.187 e. The van der Waals surface area contributed by atoms with Crippen molar-refractivity contribution in [1.29, 1.82) is 0 Å². The number of pyridine rings is 1. The Labute approximate surface area is 159 Å². The van der Waals surface area contributed by atoms with Gasteiger partial charge < -0.3 is 0 Å². The number of hydrogen-bond acceptors (Lipinski definition) is 3. The highest BCUT2D eigenvalue weighted by molar-refractivity contribution is 5.74. The predicted molar refractivity (Wildman–Crippen MR) is 110 cm³/mol.